The molecule has 5 heteroatoms. The minimum atomic E-state index is 1.08. The van der Waals surface area contributed by atoms with Gasteiger partial charge in [0.15, 0.2) is 0 Å². The van der Waals surface area contributed by atoms with E-state index in [1.807, 2.05) is 6.21 Å². The lowest BCUT2D eigenvalue weighted by Gasteiger charge is -2.09. The first-order valence-corrected chi connectivity index (χ1v) is 6.80. The van der Waals surface area contributed by atoms with E-state index in [0.29, 0.717) is 0 Å². The zero-order chi connectivity index (χ0) is 14.8. The van der Waals surface area contributed by atoms with Gasteiger partial charge in [0.25, 0.3) is 0 Å². The van der Waals surface area contributed by atoms with Crippen molar-refractivity contribution >= 4 is 6.21 Å². The molecule has 0 atom stereocenters. The van der Waals surface area contributed by atoms with Crippen LogP contribution in [0, 0.1) is 20.8 Å². The van der Waals surface area contributed by atoms with E-state index in [1.54, 1.807) is 17.3 Å². The van der Waals surface area contributed by atoms with E-state index in [1.165, 1.54) is 16.9 Å². The molecule has 3 aromatic rings. The van der Waals surface area contributed by atoms with Gasteiger partial charge in [-0.2, -0.15) is 5.10 Å². The molecule has 0 N–H and O–H groups in total. The van der Waals surface area contributed by atoms with Gasteiger partial charge in [0.2, 0.25) is 0 Å². The Morgan fingerprint density at radius 1 is 1.00 bits per heavy atom. The summed E-state index contributed by atoms with van der Waals surface area (Å²) in [4.78, 5) is 0. The normalized spacial score (nSPS) is 11.4. The molecule has 0 saturated heterocycles. The van der Waals surface area contributed by atoms with Crippen molar-refractivity contribution in [3.8, 4) is 5.69 Å². The second kappa shape index (κ2) is 5.36. The van der Waals surface area contributed by atoms with E-state index in [4.69, 9.17) is 0 Å². The van der Waals surface area contributed by atoms with Crippen molar-refractivity contribution in [2.24, 2.45) is 5.10 Å². The third-order valence-electron chi connectivity index (χ3n) is 3.50. The highest BCUT2D eigenvalue weighted by Gasteiger charge is 2.09. The van der Waals surface area contributed by atoms with Crippen LogP contribution in [0.2, 0.25) is 0 Å². The SMILES string of the molecule is Cc1ccc(-n2c(C)cc(/C=N/n3cnnc3)c2C)cc1. The number of aromatic nitrogens is 4. The third-order valence-corrected chi connectivity index (χ3v) is 3.50. The van der Waals surface area contributed by atoms with Crippen molar-refractivity contribution in [1.82, 2.24) is 19.4 Å². The average Bonchev–Trinajstić information content (AvgIpc) is 3.07. The van der Waals surface area contributed by atoms with Gasteiger partial charge in [0.1, 0.15) is 12.7 Å². The molecular formula is C16H17N5. The maximum atomic E-state index is 4.31. The van der Waals surface area contributed by atoms with Gasteiger partial charge in [-0.3, -0.25) is 0 Å². The van der Waals surface area contributed by atoms with E-state index in [-0.39, 0.29) is 0 Å². The number of benzene rings is 1. The summed E-state index contributed by atoms with van der Waals surface area (Å²) in [6, 6.07) is 10.6. The Labute approximate surface area is 123 Å². The Morgan fingerprint density at radius 2 is 1.67 bits per heavy atom. The van der Waals surface area contributed by atoms with Gasteiger partial charge in [0, 0.05) is 22.6 Å². The van der Waals surface area contributed by atoms with E-state index in [0.717, 1.165) is 11.3 Å². The molecule has 0 saturated carbocycles. The summed E-state index contributed by atoms with van der Waals surface area (Å²) in [5.41, 5.74) is 5.85. The number of aryl methyl sites for hydroxylation is 2. The molecule has 0 aliphatic heterocycles. The Kier molecular flexibility index (Phi) is 3.39. The summed E-state index contributed by atoms with van der Waals surface area (Å²) in [6.07, 6.45) is 4.96. The van der Waals surface area contributed by atoms with Gasteiger partial charge in [0.05, 0.1) is 6.21 Å². The summed E-state index contributed by atoms with van der Waals surface area (Å²) >= 11 is 0. The molecule has 106 valence electrons. The predicted octanol–water partition coefficient (Wildman–Crippen LogP) is 2.88. The van der Waals surface area contributed by atoms with E-state index >= 15 is 0 Å². The molecule has 2 aromatic heterocycles. The summed E-state index contributed by atoms with van der Waals surface area (Å²) in [5.74, 6) is 0. The molecule has 5 nitrogen and oxygen atoms in total. The molecule has 0 spiro atoms. The van der Waals surface area contributed by atoms with Crippen molar-refractivity contribution in [3.05, 3.63) is 65.5 Å². The predicted molar refractivity (Wildman–Crippen MR) is 83.0 cm³/mol. The van der Waals surface area contributed by atoms with Crippen LogP contribution in [-0.4, -0.2) is 25.7 Å². The van der Waals surface area contributed by atoms with E-state index in [9.17, 15) is 0 Å². The second-order valence-corrected chi connectivity index (χ2v) is 5.08. The molecule has 0 fully saturated rings. The van der Waals surface area contributed by atoms with Crippen LogP contribution in [0.5, 0.6) is 0 Å². The highest BCUT2D eigenvalue weighted by Crippen LogP contribution is 2.20. The second-order valence-electron chi connectivity index (χ2n) is 5.08. The van der Waals surface area contributed by atoms with Crippen LogP contribution in [0.15, 0.2) is 48.1 Å². The smallest absolute Gasteiger partial charge is 0.141 e. The minimum absolute atomic E-state index is 1.08. The maximum absolute atomic E-state index is 4.31. The monoisotopic (exact) mass is 279 g/mol. The summed E-state index contributed by atoms with van der Waals surface area (Å²) < 4.78 is 3.81. The van der Waals surface area contributed by atoms with Gasteiger partial charge < -0.3 is 4.57 Å². The van der Waals surface area contributed by atoms with Gasteiger partial charge in [-0.05, 0) is 39.0 Å². The molecule has 3 rings (SSSR count). The average molecular weight is 279 g/mol. The highest BCUT2D eigenvalue weighted by molar-refractivity contribution is 5.82. The molecular weight excluding hydrogens is 262 g/mol. The maximum Gasteiger partial charge on any atom is 0.141 e. The Hall–Kier alpha value is -2.69. The molecule has 2 heterocycles. The fourth-order valence-electron chi connectivity index (χ4n) is 2.39. The quantitative estimate of drug-likeness (QED) is 0.692. The van der Waals surface area contributed by atoms with Crippen molar-refractivity contribution in [2.75, 3.05) is 0 Å². The lowest BCUT2D eigenvalue weighted by atomic mass is 10.2. The van der Waals surface area contributed by atoms with Crippen molar-refractivity contribution in [2.45, 2.75) is 20.8 Å². The first-order valence-electron chi connectivity index (χ1n) is 6.80. The number of nitrogens with zero attached hydrogens (tertiary/aromatic N) is 5. The standard InChI is InChI=1S/C16H17N5/c1-12-4-6-16(7-5-12)21-13(2)8-15(14(21)3)9-19-20-10-17-18-11-20/h4-11H,1-3H3/b19-9+. The molecule has 0 unspecified atom stereocenters. The first-order chi connectivity index (χ1) is 10.1. The number of hydrogen-bond donors (Lipinski definition) is 0. The number of hydrogen-bond acceptors (Lipinski definition) is 3. The molecule has 0 amide bonds. The Morgan fingerprint density at radius 3 is 2.33 bits per heavy atom. The lowest BCUT2D eigenvalue weighted by molar-refractivity contribution is 0.877. The molecule has 0 aliphatic rings. The summed E-state index contributed by atoms with van der Waals surface area (Å²) in [7, 11) is 0. The first kappa shape index (κ1) is 13.3. The van der Waals surface area contributed by atoms with Crippen LogP contribution in [0.3, 0.4) is 0 Å². The largest absolute Gasteiger partial charge is 0.318 e. The van der Waals surface area contributed by atoms with Crippen LogP contribution in [-0.2, 0) is 0 Å². The van der Waals surface area contributed by atoms with Crippen LogP contribution in [0.4, 0.5) is 0 Å². The minimum Gasteiger partial charge on any atom is -0.318 e. The fraction of sp³-hybridized carbons (Fsp3) is 0.188. The zero-order valence-corrected chi connectivity index (χ0v) is 12.4. The molecule has 0 aliphatic carbocycles. The van der Waals surface area contributed by atoms with Gasteiger partial charge >= 0.3 is 0 Å². The van der Waals surface area contributed by atoms with Crippen LogP contribution < -0.4 is 0 Å². The summed E-state index contributed by atoms with van der Waals surface area (Å²) in [6.45, 7) is 6.29. The topological polar surface area (TPSA) is 48.0 Å². The summed E-state index contributed by atoms with van der Waals surface area (Å²) in [5, 5.41) is 11.8. The Bertz CT molecular complexity index is 764. The van der Waals surface area contributed by atoms with Crippen LogP contribution in [0.1, 0.15) is 22.5 Å². The van der Waals surface area contributed by atoms with Gasteiger partial charge in [-0.25, -0.2) is 4.68 Å². The van der Waals surface area contributed by atoms with Gasteiger partial charge in [-0.1, -0.05) is 17.7 Å². The Balaban J connectivity index is 1.98. The van der Waals surface area contributed by atoms with E-state index < -0.39 is 0 Å². The third kappa shape index (κ3) is 2.63. The van der Waals surface area contributed by atoms with Crippen LogP contribution in [0.25, 0.3) is 5.69 Å². The molecule has 0 bridgehead atoms. The molecule has 0 radical (unpaired) electrons. The fourth-order valence-corrected chi connectivity index (χ4v) is 2.39. The molecule has 1 aromatic carbocycles. The van der Waals surface area contributed by atoms with E-state index in [2.05, 4.69) is 71.0 Å². The number of rotatable bonds is 3. The lowest BCUT2D eigenvalue weighted by Crippen LogP contribution is -1.99. The van der Waals surface area contributed by atoms with Crippen molar-refractivity contribution < 1.29 is 0 Å². The van der Waals surface area contributed by atoms with Crippen LogP contribution >= 0.6 is 0 Å². The van der Waals surface area contributed by atoms with Gasteiger partial charge in [-0.15, -0.1) is 10.2 Å². The highest BCUT2D eigenvalue weighted by atomic mass is 15.4. The zero-order valence-electron chi connectivity index (χ0n) is 12.4. The van der Waals surface area contributed by atoms with Crippen molar-refractivity contribution in [3.63, 3.8) is 0 Å². The molecule has 21 heavy (non-hydrogen) atoms. The van der Waals surface area contributed by atoms with Crippen molar-refractivity contribution in [1.29, 1.82) is 0 Å².